The lowest BCUT2D eigenvalue weighted by Gasteiger charge is -2.14. The summed E-state index contributed by atoms with van der Waals surface area (Å²) in [6.45, 7) is 7.41. The molecule has 0 fully saturated rings. The first-order valence-electron chi connectivity index (χ1n) is 7.93. The minimum Gasteiger partial charge on any atom is -0.449 e. The number of nitrogens with one attached hydrogen (secondary N) is 1. The highest BCUT2D eigenvalue weighted by Gasteiger charge is 2.21. The van der Waals surface area contributed by atoms with Gasteiger partial charge in [-0.05, 0) is 36.9 Å². The molecule has 25 heavy (non-hydrogen) atoms. The number of benzene rings is 1. The monoisotopic (exact) mass is 355 g/mol. The van der Waals surface area contributed by atoms with Crippen molar-refractivity contribution in [3.63, 3.8) is 0 Å². The molecule has 4 nitrogen and oxygen atoms in total. The molecule has 1 aromatic carbocycles. The standard InChI is InChI=1S/C20H21NO3S/c1-4-10-21-19(22)15(3)24-20(23)17(18-9-6-11-25-18)13-16-8-5-7-14(2)12-16/h4-9,11-13,15H,1,10H2,2-3H3,(H,21,22)/b17-13+/t15-/m0/s1. The zero-order valence-corrected chi connectivity index (χ0v) is 15.1. The van der Waals surface area contributed by atoms with Crippen molar-refractivity contribution >= 4 is 34.9 Å². The van der Waals surface area contributed by atoms with Crippen LogP contribution in [-0.4, -0.2) is 24.5 Å². The Kier molecular flexibility index (Phi) is 6.71. The van der Waals surface area contributed by atoms with Crippen LogP contribution in [0.2, 0.25) is 0 Å². The van der Waals surface area contributed by atoms with Crippen molar-refractivity contribution in [1.82, 2.24) is 5.32 Å². The van der Waals surface area contributed by atoms with Gasteiger partial charge >= 0.3 is 5.97 Å². The van der Waals surface area contributed by atoms with Crippen molar-refractivity contribution in [3.05, 3.63) is 70.4 Å². The minimum absolute atomic E-state index is 0.331. The zero-order valence-electron chi connectivity index (χ0n) is 14.3. The fraction of sp³-hybridized carbons (Fsp3) is 0.200. The maximum Gasteiger partial charge on any atom is 0.340 e. The summed E-state index contributed by atoms with van der Waals surface area (Å²) >= 11 is 1.45. The van der Waals surface area contributed by atoms with Crippen molar-refractivity contribution in [1.29, 1.82) is 0 Å². The van der Waals surface area contributed by atoms with Gasteiger partial charge in [0.1, 0.15) is 0 Å². The van der Waals surface area contributed by atoms with E-state index in [2.05, 4.69) is 11.9 Å². The Morgan fingerprint density at radius 2 is 2.12 bits per heavy atom. The third kappa shape index (κ3) is 5.43. The number of carbonyl (C=O) groups excluding carboxylic acids is 2. The second-order valence-electron chi connectivity index (χ2n) is 5.53. The fourth-order valence-corrected chi connectivity index (χ4v) is 2.91. The highest BCUT2D eigenvalue weighted by Crippen LogP contribution is 2.25. The predicted octanol–water partition coefficient (Wildman–Crippen LogP) is 3.83. The average molecular weight is 355 g/mol. The summed E-state index contributed by atoms with van der Waals surface area (Å²) in [5, 5.41) is 4.51. The summed E-state index contributed by atoms with van der Waals surface area (Å²) in [6, 6.07) is 11.6. The van der Waals surface area contributed by atoms with E-state index in [1.54, 1.807) is 19.1 Å². The number of thiophene rings is 1. The number of aryl methyl sites for hydroxylation is 1. The molecule has 0 aliphatic carbocycles. The van der Waals surface area contributed by atoms with Crippen molar-refractivity contribution < 1.29 is 14.3 Å². The van der Waals surface area contributed by atoms with E-state index in [1.165, 1.54) is 11.3 Å². The Balaban J connectivity index is 2.23. The SMILES string of the molecule is C=CCNC(=O)[C@H](C)OC(=O)/C(=C/c1cccc(C)c1)c1cccs1. The van der Waals surface area contributed by atoms with E-state index in [-0.39, 0.29) is 5.91 Å². The van der Waals surface area contributed by atoms with E-state index < -0.39 is 12.1 Å². The Bertz CT molecular complexity index is 778. The van der Waals surface area contributed by atoms with Gasteiger partial charge in [-0.3, -0.25) is 4.79 Å². The van der Waals surface area contributed by atoms with Crippen molar-refractivity contribution in [2.75, 3.05) is 6.54 Å². The van der Waals surface area contributed by atoms with Crippen LogP contribution in [0.5, 0.6) is 0 Å². The summed E-state index contributed by atoms with van der Waals surface area (Å²) < 4.78 is 5.35. The van der Waals surface area contributed by atoms with Crippen LogP contribution in [-0.2, 0) is 14.3 Å². The number of hydrogen-bond acceptors (Lipinski definition) is 4. The molecule has 1 N–H and O–H groups in total. The summed E-state index contributed by atoms with van der Waals surface area (Å²) in [5.41, 5.74) is 2.44. The fourth-order valence-electron chi connectivity index (χ4n) is 2.18. The maximum atomic E-state index is 12.6. The van der Waals surface area contributed by atoms with Gasteiger partial charge in [-0.1, -0.05) is 42.0 Å². The molecule has 0 aliphatic rings. The molecule has 1 atom stereocenters. The van der Waals surface area contributed by atoms with E-state index in [0.29, 0.717) is 12.1 Å². The molecule has 1 heterocycles. The molecule has 0 saturated carbocycles. The summed E-state index contributed by atoms with van der Waals surface area (Å²) in [5.74, 6) is -0.875. The molecule has 0 radical (unpaired) electrons. The smallest absolute Gasteiger partial charge is 0.340 e. The molecular formula is C20H21NO3S. The summed E-state index contributed by atoms with van der Waals surface area (Å²) in [4.78, 5) is 25.3. The quantitative estimate of drug-likeness (QED) is 0.466. The zero-order chi connectivity index (χ0) is 18.2. The Labute approximate surface area is 151 Å². The van der Waals surface area contributed by atoms with Crippen LogP contribution < -0.4 is 5.32 Å². The van der Waals surface area contributed by atoms with Gasteiger partial charge in [0, 0.05) is 11.4 Å². The first kappa shape index (κ1) is 18.7. The third-order valence-corrected chi connectivity index (χ3v) is 4.34. The highest BCUT2D eigenvalue weighted by molar-refractivity contribution is 7.11. The molecule has 2 aromatic rings. The van der Waals surface area contributed by atoms with E-state index in [1.807, 2.05) is 48.7 Å². The number of carbonyl (C=O) groups is 2. The Hall–Kier alpha value is -2.66. The largest absolute Gasteiger partial charge is 0.449 e. The molecule has 1 aromatic heterocycles. The van der Waals surface area contributed by atoms with Gasteiger partial charge in [-0.2, -0.15) is 0 Å². The summed E-state index contributed by atoms with van der Waals surface area (Å²) in [6.07, 6.45) is 2.48. The summed E-state index contributed by atoms with van der Waals surface area (Å²) in [7, 11) is 0. The highest BCUT2D eigenvalue weighted by atomic mass is 32.1. The van der Waals surface area contributed by atoms with Crippen molar-refractivity contribution in [3.8, 4) is 0 Å². The van der Waals surface area contributed by atoms with Gasteiger partial charge in [0.2, 0.25) is 0 Å². The number of ether oxygens (including phenoxy) is 1. The second kappa shape index (κ2) is 8.99. The van der Waals surface area contributed by atoms with Crippen LogP contribution in [0, 0.1) is 6.92 Å². The first-order valence-corrected chi connectivity index (χ1v) is 8.81. The lowest BCUT2D eigenvalue weighted by molar-refractivity contribution is -0.149. The second-order valence-corrected chi connectivity index (χ2v) is 6.48. The molecule has 0 aliphatic heterocycles. The van der Waals surface area contributed by atoms with Gasteiger partial charge in [0.05, 0.1) is 5.57 Å². The lowest BCUT2D eigenvalue weighted by atomic mass is 10.1. The molecule has 0 saturated heterocycles. The molecule has 0 spiro atoms. The first-order chi connectivity index (χ1) is 12.0. The molecule has 1 amide bonds. The van der Waals surface area contributed by atoms with Gasteiger partial charge in [-0.15, -0.1) is 17.9 Å². The predicted molar refractivity (Wildman–Crippen MR) is 102 cm³/mol. The topological polar surface area (TPSA) is 55.4 Å². The van der Waals surface area contributed by atoms with Gasteiger partial charge in [-0.25, -0.2) is 4.79 Å². The molecular weight excluding hydrogens is 334 g/mol. The molecule has 2 rings (SSSR count). The van der Waals surface area contributed by atoms with Gasteiger partial charge in [0.15, 0.2) is 6.10 Å². The van der Waals surface area contributed by atoms with E-state index >= 15 is 0 Å². The van der Waals surface area contributed by atoms with E-state index in [4.69, 9.17) is 4.74 Å². The molecule has 130 valence electrons. The Morgan fingerprint density at radius 1 is 1.32 bits per heavy atom. The normalized spacial score (nSPS) is 12.3. The number of hydrogen-bond donors (Lipinski definition) is 1. The van der Waals surface area contributed by atoms with Crippen molar-refractivity contribution in [2.45, 2.75) is 20.0 Å². The molecule has 0 bridgehead atoms. The van der Waals surface area contributed by atoms with E-state index in [9.17, 15) is 9.59 Å². The third-order valence-electron chi connectivity index (χ3n) is 3.43. The molecule has 5 heteroatoms. The van der Waals surface area contributed by atoms with Crippen LogP contribution in [0.3, 0.4) is 0 Å². The minimum atomic E-state index is -0.881. The van der Waals surface area contributed by atoms with E-state index in [0.717, 1.165) is 16.0 Å². The maximum absolute atomic E-state index is 12.6. The average Bonchev–Trinajstić information content (AvgIpc) is 3.11. The van der Waals surface area contributed by atoms with Crippen LogP contribution in [0.25, 0.3) is 11.6 Å². The van der Waals surface area contributed by atoms with Crippen LogP contribution in [0.15, 0.2) is 54.4 Å². The number of rotatable bonds is 7. The van der Waals surface area contributed by atoms with Crippen LogP contribution in [0.1, 0.15) is 22.9 Å². The van der Waals surface area contributed by atoms with Crippen LogP contribution >= 0.6 is 11.3 Å². The van der Waals surface area contributed by atoms with Crippen LogP contribution in [0.4, 0.5) is 0 Å². The number of amides is 1. The lowest BCUT2D eigenvalue weighted by Crippen LogP contribution is -2.35. The van der Waals surface area contributed by atoms with Crippen molar-refractivity contribution in [2.24, 2.45) is 0 Å². The van der Waals surface area contributed by atoms with Gasteiger partial charge in [0.25, 0.3) is 5.91 Å². The van der Waals surface area contributed by atoms with Gasteiger partial charge < -0.3 is 10.1 Å². The molecule has 0 unspecified atom stereocenters. The Morgan fingerprint density at radius 3 is 2.76 bits per heavy atom. The number of esters is 1.